The number of amides is 4. The van der Waals surface area contributed by atoms with E-state index < -0.39 is 80.2 Å². The average Bonchev–Trinajstić information content (AvgIpc) is 4.03. The highest BCUT2D eigenvalue weighted by atomic mass is 32.2. The van der Waals surface area contributed by atoms with Crippen LogP contribution in [-0.4, -0.2) is 83.2 Å². The highest BCUT2D eigenvalue weighted by Crippen LogP contribution is 2.46. The summed E-state index contributed by atoms with van der Waals surface area (Å²) in [6.07, 6.45) is 6.32. The zero-order valence-electron chi connectivity index (χ0n) is 30.6. The standard InChI is InChI=1S/C39H46FN5O8S/c1-38(2,3)53-37(49)42-31-14-8-6-4-5-7-11-23-21-39(23,36(48)44-54(50,51)26-16-17-26)43-33(46)32-20-25(22-45(32)35(31)47)52-34-29-19-24(40)15-18-27(29)28-12-9-10-13-30(28)41-34/h7,9-13,15,18-19,23,25-26,31-32H,4-6,8,14,16-17,20-22H2,1-3H3,(H,42,49)(H,43,46)(H,44,48). The van der Waals surface area contributed by atoms with Crippen LogP contribution in [0.4, 0.5) is 9.18 Å². The summed E-state index contributed by atoms with van der Waals surface area (Å²) < 4.78 is 54.4. The second-order valence-electron chi connectivity index (χ2n) is 15.8. The molecule has 3 aromatic rings. The molecule has 4 amide bonds. The Kier molecular flexibility index (Phi) is 10.0. The third kappa shape index (κ3) is 8.01. The molecule has 0 radical (unpaired) electrons. The molecule has 7 rings (SSSR count). The highest BCUT2D eigenvalue weighted by Gasteiger charge is 2.62. The van der Waals surface area contributed by atoms with Crippen LogP contribution in [0.2, 0.25) is 0 Å². The molecule has 0 bridgehead atoms. The molecule has 3 N–H and O–H groups in total. The van der Waals surface area contributed by atoms with E-state index in [1.54, 1.807) is 26.8 Å². The van der Waals surface area contributed by atoms with E-state index in [9.17, 15) is 32.0 Å². The van der Waals surface area contributed by atoms with Crippen LogP contribution < -0.4 is 20.1 Å². The maximum atomic E-state index is 14.6. The van der Waals surface area contributed by atoms with Crippen molar-refractivity contribution in [2.75, 3.05) is 6.54 Å². The number of ether oxygens (including phenoxy) is 2. The summed E-state index contributed by atoms with van der Waals surface area (Å²) in [5.74, 6) is -2.84. The fraction of sp³-hybridized carbons (Fsp3) is 0.513. The maximum Gasteiger partial charge on any atom is 0.408 e. The van der Waals surface area contributed by atoms with Crippen molar-refractivity contribution in [2.24, 2.45) is 5.92 Å². The number of fused-ring (bicyclic) bond motifs is 5. The van der Waals surface area contributed by atoms with Crippen LogP contribution in [0.15, 0.2) is 54.6 Å². The van der Waals surface area contributed by atoms with Gasteiger partial charge in [0.2, 0.25) is 27.7 Å². The second kappa shape index (κ2) is 14.5. The summed E-state index contributed by atoms with van der Waals surface area (Å²) in [4.78, 5) is 61.6. The normalized spacial score (nSPS) is 26.6. The average molecular weight is 764 g/mol. The molecular formula is C39H46FN5O8S. The number of rotatable bonds is 6. The fourth-order valence-corrected chi connectivity index (χ4v) is 8.81. The largest absolute Gasteiger partial charge is 0.472 e. The number of halogens is 1. The number of nitrogens with zero attached hydrogens (tertiary/aromatic N) is 2. The van der Waals surface area contributed by atoms with Crippen molar-refractivity contribution >= 4 is 55.5 Å². The number of carbonyl (C=O) groups is 4. The lowest BCUT2D eigenvalue weighted by molar-refractivity contribution is -0.141. The van der Waals surface area contributed by atoms with Crippen molar-refractivity contribution in [2.45, 2.75) is 113 Å². The molecule has 5 unspecified atom stereocenters. The number of nitrogens with one attached hydrogen (secondary N) is 3. The predicted octanol–water partition coefficient (Wildman–Crippen LogP) is 4.77. The van der Waals surface area contributed by atoms with Gasteiger partial charge < -0.3 is 25.0 Å². The van der Waals surface area contributed by atoms with Gasteiger partial charge in [0.25, 0.3) is 5.91 Å². The highest BCUT2D eigenvalue weighted by molar-refractivity contribution is 7.91. The molecule has 2 aliphatic carbocycles. The molecule has 54 heavy (non-hydrogen) atoms. The van der Waals surface area contributed by atoms with Crippen LogP contribution in [0, 0.1) is 11.7 Å². The second-order valence-corrected chi connectivity index (χ2v) is 17.8. The number of benzene rings is 2. The van der Waals surface area contributed by atoms with Gasteiger partial charge in [-0.2, -0.15) is 0 Å². The minimum absolute atomic E-state index is 0.0272. The number of pyridine rings is 1. The first-order valence-electron chi connectivity index (χ1n) is 18.6. The van der Waals surface area contributed by atoms with Crippen LogP contribution in [0.3, 0.4) is 0 Å². The Balaban J connectivity index is 1.22. The van der Waals surface area contributed by atoms with Gasteiger partial charge in [-0.05, 0) is 82.9 Å². The van der Waals surface area contributed by atoms with E-state index in [2.05, 4.69) is 15.4 Å². The molecule has 0 spiro atoms. The summed E-state index contributed by atoms with van der Waals surface area (Å²) in [6.45, 7) is 5.05. The lowest BCUT2D eigenvalue weighted by Crippen LogP contribution is -2.58. The van der Waals surface area contributed by atoms with Gasteiger partial charge >= 0.3 is 6.09 Å². The summed E-state index contributed by atoms with van der Waals surface area (Å²) in [6, 6.07) is 9.48. The predicted molar refractivity (Wildman–Crippen MR) is 198 cm³/mol. The van der Waals surface area contributed by atoms with Crippen molar-refractivity contribution in [3.05, 3.63) is 60.4 Å². The van der Waals surface area contributed by atoms with Crippen LogP contribution in [0.25, 0.3) is 21.7 Å². The van der Waals surface area contributed by atoms with Crippen LogP contribution in [0.5, 0.6) is 5.88 Å². The summed E-state index contributed by atoms with van der Waals surface area (Å²) >= 11 is 0. The van der Waals surface area contributed by atoms with Crippen molar-refractivity contribution < 1.29 is 41.5 Å². The summed E-state index contributed by atoms with van der Waals surface area (Å²) in [5, 5.41) is 6.85. The topological polar surface area (TPSA) is 173 Å². The molecule has 288 valence electrons. The number of sulfonamides is 1. The van der Waals surface area contributed by atoms with Gasteiger partial charge in [-0.25, -0.2) is 22.6 Å². The van der Waals surface area contributed by atoms with E-state index in [0.29, 0.717) is 42.0 Å². The van der Waals surface area contributed by atoms with Crippen molar-refractivity contribution in [1.29, 1.82) is 0 Å². The molecule has 13 nitrogen and oxygen atoms in total. The molecule has 3 heterocycles. The Labute approximate surface area is 313 Å². The minimum Gasteiger partial charge on any atom is -0.472 e. The van der Waals surface area contributed by atoms with E-state index in [0.717, 1.165) is 18.2 Å². The molecule has 1 aromatic heterocycles. The van der Waals surface area contributed by atoms with Gasteiger partial charge in [-0.3, -0.25) is 19.1 Å². The van der Waals surface area contributed by atoms with Gasteiger partial charge in [0, 0.05) is 23.1 Å². The van der Waals surface area contributed by atoms with Gasteiger partial charge in [-0.1, -0.05) is 49.3 Å². The third-order valence-electron chi connectivity index (χ3n) is 10.4. The maximum absolute atomic E-state index is 14.6. The minimum atomic E-state index is -3.91. The fourth-order valence-electron chi connectivity index (χ4n) is 7.44. The Morgan fingerprint density at radius 1 is 1.02 bits per heavy atom. The Bertz CT molecular complexity index is 2130. The summed E-state index contributed by atoms with van der Waals surface area (Å²) in [5.41, 5.74) is -1.76. The smallest absolute Gasteiger partial charge is 0.408 e. The Morgan fingerprint density at radius 2 is 1.80 bits per heavy atom. The first-order chi connectivity index (χ1) is 25.6. The van der Waals surface area contributed by atoms with E-state index in [4.69, 9.17) is 14.5 Å². The number of alkyl carbamates (subject to hydrolysis) is 1. The van der Waals surface area contributed by atoms with Crippen molar-refractivity contribution in [1.82, 2.24) is 25.2 Å². The molecule has 1 saturated heterocycles. The number of hydrogen-bond acceptors (Lipinski definition) is 9. The Hall–Kier alpha value is -4.79. The third-order valence-corrected chi connectivity index (χ3v) is 12.3. The van der Waals surface area contributed by atoms with Crippen LogP contribution in [0.1, 0.15) is 78.6 Å². The van der Waals surface area contributed by atoms with Gasteiger partial charge in [0.1, 0.15) is 35.1 Å². The molecule has 2 aliphatic heterocycles. The lowest BCUT2D eigenvalue weighted by atomic mass is 10.0. The van der Waals surface area contributed by atoms with E-state index in [-0.39, 0.29) is 31.7 Å². The number of aromatic nitrogens is 1. The van der Waals surface area contributed by atoms with E-state index >= 15 is 0 Å². The number of carbonyl (C=O) groups excluding carboxylic acids is 4. The molecule has 15 heteroatoms. The van der Waals surface area contributed by atoms with E-state index in [1.807, 2.05) is 36.4 Å². The van der Waals surface area contributed by atoms with Gasteiger partial charge in [0.05, 0.1) is 17.3 Å². The van der Waals surface area contributed by atoms with Crippen molar-refractivity contribution in [3.63, 3.8) is 0 Å². The van der Waals surface area contributed by atoms with Gasteiger partial charge in [-0.15, -0.1) is 0 Å². The number of allylic oxidation sites excluding steroid dienone is 1. The van der Waals surface area contributed by atoms with E-state index in [1.165, 1.54) is 17.0 Å². The first-order valence-corrected chi connectivity index (χ1v) is 20.2. The zero-order valence-corrected chi connectivity index (χ0v) is 31.4. The molecule has 5 atom stereocenters. The van der Waals surface area contributed by atoms with Crippen molar-refractivity contribution in [3.8, 4) is 5.88 Å². The van der Waals surface area contributed by atoms with Crippen LogP contribution in [-0.2, 0) is 29.1 Å². The first kappa shape index (κ1) is 37.5. The van der Waals surface area contributed by atoms with Crippen LogP contribution >= 0.6 is 0 Å². The SMILES string of the molecule is CC(C)(C)OC(=O)NC1CCCCCC=CC2CC2(C(=O)NS(=O)(=O)C2CC2)NC(=O)C2CC(Oc3nc4ccccc4c4ccc(F)cc34)CN2C1=O. The molecular weight excluding hydrogens is 718 g/mol. The zero-order chi connectivity index (χ0) is 38.4. The Morgan fingerprint density at radius 3 is 2.56 bits per heavy atom. The van der Waals surface area contributed by atoms with Gasteiger partial charge in [0.15, 0.2) is 0 Å². The lowest BCUT2D eigenvalue weighted by Gasteiger charge is -2.30. The monoisotopic (exact) mass is 763 g/mol. The molecule has 4 aliphatic rings. The number of hydrogen-bond donors (Lipinski definition) is 3. The molecule has 3 fully saturated rings. The molecule has 2 aromatic carbocycles. The molecule has 2 saturated carbocycles. The summed E-state index contributed by atoms with van der Waals surface area (Å²) in [7, 11) is -3.91. The number of para-hydroxylation sites is 1. The quantitative estimate of drug-likeness (QED) is 0.236.